The first kappa shape index (κ1) is 17.4. The number of nitrogens with one attached hydrogen (secondary N) is 1. The van der Waals surface area contributed by atoms with Crippen molar-refractivity contribution in [2.24, 2.45) is 0 Å². The molecule has 1 aromatic carbocycles. The van der Waals surface area contributed by atoms with E-state index < -0.39 is 0 Å². The van der Waals surface area contributed by atoms with Crippen molar-refractivity contribution in [1.29, 1.82) is 0 Å². The molecule has 0 unspecified atom stereocenters. The fraction of sp³-hybridized carbons (Fsp3) is 0.412. The molecule has 0 radical (unpaired) electrons. The summed E-state index contributed by atoms with van der Waals surface area (Å²) in [7, 11) is 1.60. The molecule has 0 bridgehead atoms. The van der Waals surface area contributed by atoms with Crippen molar-refractivity contribution < 1.29 is 9.53 Å². The highest BCUT2D eigenvalue weighted by Crippen LogP contribution is 2.23. The van der Waals surface area contributed by atoms with Gasteiger partial charge < -0.3 is 10.1 Å². The number of thiazole rings is 1. The van der Waals surface area contributed by atoms with Gasteiger partial charge in [-0.2, -0.15) is 0 Å². The summed E-state index contributed by atoms with van der Waals surface area (Å²) in [6, 6.07) is 7.42. The molecule has 124 valence electrons. The van der Waals surface area contributed by atoms with E-state index in [1.807, 2.05) is 38.1 Å². The second kappa shape index (κ2) is 8.08. The largest absolute Gasteiger partial charge is 0.495 e. The highest BCUT2D eigenvalue weighted by molar-refractivity contribution is 7.11. The van der Waals surface area contributed by atoms with Crippen LogP contribution < -0.4 is 10.1 Å². The van der Waals surface area contributed by atoms with Crippen molar-refractivity contribution in [2.75, 3.05) is 25.5 Å². The quantitative estimate of drug-likeness (QED) is 0.845. The number of hydrogen-bond donors (Lipinski definition) is 1. The SMILES string of the molecule is CCN(CC(=O)Nc1ccccc1OC)Cc1sc(C)nc1C. The number of carbonyl (C=O) groups is 1. The Hall–Kier alpha value is -1.92. The Bertz CT molecular complexity index is 670. The molecule has 23 heavy (non-hydrogen) atoms. The number of aryl methyl sites for hydroxylation is 2. The van der Waals surface area contributed by atoms with Crippen LogP contribution in [-0.2, 0) is 11.3 Å². The molecule has 0 saturated heterocycles. The minimum atomic E-state index is -0.0461. The van der Waals surface area contributed by atoms with E-state index in [9.17, 15) is 4.79 Å². The van der Waals surface area contributed by atoms with E-state index in [2.05, 4.69) is 22.1 Å². The fourth-order valence-corrected chi connectivity index (χ4v) is 3.32. The summed E-state index contributed by atoms with van der Waals surface area (Å²) in [6.45, 7) is 7.96. The number of carbonyl (C=O) groups excluding carboxylic acids is 1. The molecule has 1 aromatic heterocycles. The zero-order valence-corrected chi connectivity index (χ0v) is 14.9. The van der Waals surface area contributed by atoms with Gasteiger partial charge in [0.25, 0.3) is 0 Å². The van der Waals surface area contributed by atoms with Gasteiger partial charge in [-0.1, -0.05) is 19.1 Å². The van der Waals surface area contributed by atoms with Gasteiger partial charge in [-0.05, 0) is 32.5 Å². The minimum absolute atomic E-state index is 0.0461. The van der Waals surface area contributed by atoms with Crippen LogP contribution in [0.5, 0.6) is 5.75 Å². The van der Waals surface area contributed by atoms with E-state index >= 15 is 0 Å². The summed E-state index contributed by atoms with van der Waals surface area (Å²) in [5.41, 5.74) is 1.75. The van der Waals surface area contributed by atoms with Crippen molar-refractivity contribution >= 4 is 22.9 Å². The molecule has 0 atom stereocenters. The Balaban J connectivity index is 1.98. The molecule has 1 amide bonds. The number of para-hydroxylation sites is 2. The Morgan fingerprint density at radius 1 is 1.35 bits per heavy atom. The predicted octanol–water partition coefficient (Wildman–Crippen LogP) is 3.23. The van der Waals surface area contributed by atoms with Gasteiger partial charge in [-0.25, -0.2) is 4.98 Å². The van der Waals surface area contributed by atoms with E-state index in [1.165, 1.54) is 4.88 Å². The van der Waals surface area contributed by atoms with Gasteiger partial charge >= 0.3 is 0 Å². The number of ether oxygens (including phenoxy) is 1. The number of nitrogens with zero attached hydrogens (tertiary/aromatic N) is 2. The normalized spacial score (nSPS) is 10.8. The van der Waals surface area contributed by atoms with Crippen LogP contribution in [0.25, 0.3) is 0 Å². The standard InChI is InChI=1S/C17H23N3O2S/c1-5-20(10-16-12(2)18-13(3)23-16)11-17(21)19-14-8-6-7-9-15(14)22-4/h6-9H,5,10-11H2,1-4H3,(H,19,21). The van der Waals surface area contributed by atoms with Crippen molar-refractivity contribution in [3.63, 3.8) is 0 Å². The van der Waals surface area contributed by atoms with Gasteiger partial charge in [0.2, 0.25) is 5.91 Å². The third-order valence-electron chi connectivity index (χ3n) is 3.56. The van der Waals surface area contributed by atoms with Gasteiger partial charge in [0, 0.05) is 11.4 Å². The molecular weight excluding hydrogens is 310 g/mol. The summed E-state index contributed by atoms with van der Waals surface area (Å²) < 4.78 is 5.26. The zero-order valence-electron chi connectivity index (χ0n) is 14.0. The number of rotatable bonds is 7. The third kappa shape index (κ3) is 4.77. The lowest BCUT2D eigenvalue weighted by molar-refractivity contribution is -0.117. The average Bonchev–Trinajstić information content (AvgIpc) is 2.84. The van der Waals surface area contributed by atoms with Crippen LogP contribution in [0.2, 0.25) is 0 Å². The molecule has 0 spiro atoms. The molecule has 5 nitrogen and oxygen atoms in total. The summed E-state index contributed by atoms with van der Waals surface area (Å²) in [5.74, 6) is 0.619. The molecule has 2 rings (SSSR count). The van der Waals surface area contributed by atoms with Gasteiger partial charge in [0.15, 0.2) is 0 Å². The summed E-state index contributed by atoms with van der Waals surface area (Å²) in [4.78, 5) is 20.1. The maximum absolute atomic E-state index is 12.3. The maximum atomic E-state index is 12.3. The molecule has 0 aliphatic carbocycles. The summed E-state index contributed by atoms with van der Waals surface area (Å²) in [5, 5.41) is 3.98. The van der Waals surface area contributed by atoms with Crippen LogP contribution in [-0.4, -0.2) is 36.0 Å². The fourth-order valence-electron chi connectivity index (χ4n) is 2.34. The molecular formula is C17H23N3O2S. The molecule has 6 heteroatoms. The lowest BCUT2D eigenvalue weighted by atomic mass is 10.3. The van der Waals surface area contributed by atoms with Crippen LogP contribution >= 0.6 is 11.3 Å². The smallest absolute Gasteiger partial charge is 0.238 e. The number of anilines is 1. The zero-order chi connectivity index (χ0) is 16.8. The first-order chi connectivity index (χ1) is 11.0. The van der Waals surface area contributed by atoms with E-state index in [0.29, 0.717) is 18.0 Å². The van der Waals surface area contributed by atoms with E-state index in [-0.39, 0.29) is 5.91 Å². The van der Waals surface area contributed by atoms with Gasteiger partial charge in [0.1, 0.15) is 5.75 Å². The second-order valence-corrected chi connectivity index (χ2v) is 6.58. The minimum Gasteiger partial charge on any atom is -0.495 e. The second-order valence-electron chi connectivity index (χ2n) is 5.29. The van der Waals surface area contributed by atoms with Crippen molar-refractivity contribution in [3.8, 4) is 5.75 Å². The monoisotopic (exact) mass is 333 g/mol. The highest BCUT2D eigenvalue weighted by Gasteiger charge is 2.14. The summed E-state index contributed by atoms with van der Waals surface area (Å²) in [6.07, 6.45) is 0. The number of aromatic nitrogens is 1. The Kier molecular flexibility index (Phi) is 6.12. The molecule has 1 N–H and O–H groups in total. The number of methoxy groups -OCH3 is 1. The average molecular weight is 333 g/mol. The molecule has 0 saturated carbocycles. The highest BCUT2D eigenvalue weighted by atomic mass is 32.1. The van der Waals surface area contributed by atoms with Crippen molar-refractivity contribution in [3.05, 3.63) is 39.8 Å². The van der Waals surface area contributed by atoms with Crippen LogP contribution in [0.1, 0.15) is 22.5 Å². The Morgan fingerprint density at radius 3 is 2.70 bits per heavy atom. The maximum Gasteiger partial charge on any atom is 0.238 e. The van der Waals surface area contributed by atoms with Crippen molar-refractivity contribution in [1.82, 2.24) is 9.88 Å². The van der Waals surface area contributed by atoms with E-state index in [1.54, 1.807) is 18.4 Å². The van der Waals surface area contributed by atoms with Gasteiger partial charge in [-0.3, -0.25) is 9.69 Å². The third-order valence-corrected chi connectivity index (χ3v) is 4.62. The number of hydrogen-bond acceptors (Lipinski definition) is 5. The lowest BCUT2D eigenvalue weighted by Crippen LogP contribution is -2.32. The first-order valence-corrected chi connectivity index (χ1v) is 8.43. The van der Waals surface area contributed by atoms with Crippen LogP contribution in [0.3, 0.4) is 0 Å². The van der Waals surface area contributed by atoms with Crippen LogP contribution in [0, 0.1) is 13.8 Å². The van der Waals surface area contributed by atoms with Gasteiger partial charge in [0.05, 0.1) is 30.0 Å². The Labute approximate surface area is 141 Å². The topological polar surface area (TPSA) is 54.5 Å². The Morgan fingerprint density at radius 2 is 2.09 bits per heavy atom. The van der Waals surface area contributed by atoms with E-state index in [4.69, 9.17) is 4.74 Å². The number of benzene rings is 1. The van der Waals surface area contributed by atoms with E-state index in [0.717, 1.165) is 23.8 Å². The number of likely N-dealkylation sites (N-methyl/N-ethyl adjacent to an activating group) is 1. The summed E-state index contributed by atoms with van der Waals surface area (Å²) >= 11 is 1.69. The molecule has 0 fully saturated rings. The van der Waals surface area contributed by atoms with Gasteiger partial charge in [-0.15, -0.1) is 11.3 Å². The first-order valence-electron chi connectivity index (χ1n) is 7.61. The molecule has 0 aliphatic heterocycles. The molecule has 1 heterocycles. The van der Waals surface area contributed by atoms with Crippen LogP contribution in [0.4, 0.5) is 5.69 Å². The molecule has 0 aliphatic rings. The van der Waals surface area contributed by atoms with Crippen LogP contribution in [0.15, 0.2) is 24.3 Å². The van der Waals surface area contributed by atoms with Crippen molar-refractivity contribution in [2.45, 2.75) is 27.3 Å². The number of amides is 1. The molecule has 2 aromatic rings. The predicted molar refractivity (Wildman–Crippen MR) is 94.2 cm³/mol. The lowest BCUT2D eigenvalue weighted by Gasteiger charge is -2.19.